The lowest BCUT2D eigenvalue weighted by Crippen LogP contribution is -2.64. The molecule has 3 unspecified atom stereocenters. The van der Waals surface area contributed by atoms with Crippen molar-refractivity contribution in [1.82, 2.24) is 4.90 Å². The molecule has 0 aromatic carbocycles. The monoisotopic (exact) mass is 209 g/mol. The minimum Gasteiger partial charge on any atom is -0.295 e. The Kier molecular flexibility index (Phi) is 3.39. The second-order valence-corrected chi connectivity index (χ2v) is 6.10. The highest BCUT2D eigenvalue weighted by atomic mass is 15.3. The van der Waals surface area contributed by atoms with Crippen LogP contribution in [0.2, 0.25) is 0 Å². The molecule has 2 saturated heterocycles. The van der Waals surface area contributed by atoms with Crippen LogP contribution in [0.15, 0.2) is 0 Å². The summed E-state index contributed by atoms with van der Waals surface area (Å²) in [6.07, 6.45) is 7.17. The van der Waals surface area contributed by atoms with Gasteiger partial charge in [-0.25, -0.2) is 0 Å². The van der Waals surface area contributed by atoms with Crippen molar-refractivity contribution >= 4 is 0 Å². The summed E-state index contributed by atoms with van der Waals surface area (Å²) >= 11 is 0. The second-order valence-electron chi connectivity index (χ2n) is 6.10. The number of nitrogens with zero attached hydrogens (tertiary/aromatic N) is 1. The second kappa shape index (κ2) is 4.45. The van der Waals surface area contributed by atoms with Crippen LogP contribution in [0.3, 0.4) is 0 Å². The van der Waals surface area contributed by atoms with Gasteiger partial charge in [0.25, 0.3) is 0 Å². The molecule has 0 amide bonds. The fraction of sp³-hybridized carbons (Fsp3) is 1.00. The summed E-state index contributed by atoms with van der Waals surface area (Å²) in [7, 11) is 0. The highest BCUT2D eigenvalue weighted by Gasteiger charge is 2.47. The van der Waals surface area contributed by atoms with Gasteiger partial charge < -0.3 is 0 Å². The van der Waals surface area contributed by atoms with Crippen molar-refractivity contribution in [2.75, 3.05) is 0 Å². The number of fused-ring (bicyclic) bond motifs is 2. The van der Waals surface area contributed by atoms with E-state index in [4.69, 9.17) is 0 Å². The van der Waals surface area contributed by atoms with Crippen molar-refractivity contribution < 1.29 is 0 Å². The molecule has 3 fully saturated rings. The van der Waals surface area contributed by atoms with Gasteiger partial charge in [0.2, 0.25) is 0 Å². The highest BCUT2D eigenvalue weighted by Crippen LogP contribution is 2.45. The van der Waals surface area contributed by atoms with Crippen molar-refractivity contribution in [2.45, 2.75) is 77.9 Å². The van der Waals surface area contributed by atoms with Crippen LogP contribution in [0, 0.1) is 11.8 Å². The molecule has 2 bridgehead atoms. The average molecular weight is 209 g/mol. The largest absolute Gasteiger partial charge is 0.295 e. The molecular weight excluding hydrogens is 182 g/mol. The number of rotatable bonds is 4. The van der Waals surface area contributed by atoms with Crippen LogP contribution in [-0.4, -0.2) is 23.0 Å². The van der Waals surface area contributed by atoms with Crippen LogP contribution in [0.4, 0.5) is 0 Å². The summed E-state index contributed by atoms with van der Waals surface area (Å²) in [5, 5.41) is 0. The molecule has 3 rings (SSSR count). The summed E-state index contributed by atoms with van der Waals surface area (Å²) in [5.74, 6) is 1.91. The molecule has 1 aliphatic carbocycles. The van der Waals surface area contributed by atoms with E-state index < -0.39 is 0 Å². The van der Waals surface area contributed by atoms with Gasteiger partial charge in [-0.2, -0.15) is 0 Å². The molecule has 88 valence electrons. The third kappa shape index (κ3) is 2.08. The Morgan fingerprint density at radius 1 is 1.07 bits per heavy atom. The van der Waals surface area contributed by atoms with Gasteiger partial charge >= 0.3 is 0 Å². The number of piperidine rings is 1. The SMILES string of the molecule is CCCC(C)N1C2CC(C(C)C)CC1C2. The van der Waals surface area contributed by atoms with E-state index in [1.165, 1.54) is 32.1 Å². The first-order valence-corrected chi connectivity index (χ1v) is 6.90. The van der Waals surface area contributed by atoms with Gasteiger partial charge in [-0.05, 0) is 44.4 Å². The van der Waals surface area contributed by atoms with Gasteiger partial charge in [-0.1, -0.05) is 27.2 Å². The average Bonchev–Trinajstić information content (AvgIpc) is 2.18. The quantitative estimate of drug-likeness (QED) is 0.682. The smallest absolute Gasteiger partial charge is 0.0119 e. The third-order valence-corrected chi connectivity index (χ3v) is 4.70. The zero-order valence-corrected chi connectivity index (χ0v) is 10.9. The van der Waals surface area contributed by atoms with Crippen molar-refractivity contribution in [1.29, 1.82) is 0 Å². The fourth-order valence-corrected chi connectivity index (χ4v) is 3.78. The molecule has 0 radical (unpaired) electrons. The molecule has 0 spiro atoms. The van der Waals surface area contributed by atoms with Crippen molar-refractivity contribution in [2.24, 2.45) is 11.8 Å². The third-order valence-electron chi connectivity index (χ3n) is 4.70. The van der Waals surface area contributed by atoms with E-state index in [0.29, 0.717) is 0 Å². The molecular formula is C14H27N. The lowest BCUT2D eigenvalue weighted by atomic mass is 9.69. The molecule has 0 aromatic rings. The van der Waals surface area contributed by atoms with Gasteiger partial charge in [0.05, 0.1) is 0 Å². The van der Waals surface area contributed by atoms with Gasteiger partial charge in [-0.3, -0.25) is 4.90 Å². The van der Waals surface area contributed by atoms with Crippen LogP contribution in [-0.2, 0) is 0 Å². The van der Waals surface area contributed by atoms with Crippen LogP contribution in [0.25, 0.3) is 0 Å². The maximum atomic E-state index is 2.82. The van der Waals surface area contributed by atoms with Gasteiger partial charge in [0.15, 0.2) is 0 Å². The summed E-state index contributed by atoms with van der Waals surface area (Å²) < 4.78 is 0. The first-order valence-electron chi connectivity index (χ1n) is 6.90. The van der Waals surface area contributed by atoms with Gasteiger partial charge in [0.1, 0.15) is 0 Å². The van der Waals surface area contributed by atoms with E-state index in [1.807, 2.05) is 0 Å². The zero-order valence-electron chi connectivity index (χ0n) is 10.9. The van der Waals surface area contributed by atoms with E-state index >= 15 is 0 Å². The standard InChI is InChI=1S/C14H27N/c1-5-6-11(4)15-13-7-12(10(2)3)8-14(15)9-13/h10-14H,5-9H2,1-4H3. The Bertz CT molecular complexity index is 199. The van der Waals surface area contributed by atoms with Gasteiger partial charge in [0, 0.05) is 18.1 Å². The Balaban J connectivity index is 1.88. The fourth-order valence-electron chi connectivity index (χ4n) is 3.78. The molecule has 2 aliphatic heterocycles. The molecule has 1 heteroatoms. The Hall–Kier alpha value is -0.0400. The molecule has 1 nitrogen and oxygen atoms in total. The summed E-state index contributed by atoms with van der Waals surface area (Å²) in [6.45, 7) is 9.53. The van der Waals surface area contributed by atoms with E-state index in [0.717, 1.165) is 30.0 Å². The van der Waals surface area contributed by atoms with Crippen molar-refractivity contribution in [3.63, 3.8) is 0 Å². The first-order chi connectivity index (χ1) is 7.13. The molecule has 0 aromatic heterocycles. The highest BCUT2D eigenvalue weighted by molar-refractivity contribution is 5.02. The summed E-state index contributed by atoms with van der Waals surface area (Å²) in [5.41, 5.74) is 0. The minimum absolute atomic E-state index is 0.840. The van der Waals surface area contributed by atoms with Crippen LogP contribution >= 0.6 is 0 Å². The predicted molar refractivity (Wildman–Crippen MR) is 66.0 cm³/mol. The minimum atomic E-state index is 0.840. The lowest BCUT2D eigenvalue weighted by Gasteiger charge is -2.58. The van der Waals surface area contributed by atoms with E-state index in [-0.39, 0.29) is 0 Å². The normalized spacial score (nSPS) is 37.8. The Morgan fingerprint density at radius 2 is 1.67 bits per heavy atom. The van der Waals surface area contributed by atoms with Gasteiger partial charge in [-0.15, -0.1) is 0 Å². The maximum Gasteiger partial charge on any atom is 0.0119 e. The van der Waals surface area contributed by atoms with Crippen molar-refractivity contribution in [3.05, 3.63) is 0 Å². The summed E-state index contributed by atoms with van der Waals surface area (Å²) in [4.78, 5) is 2.82. The van der Waals surface area contributed by atoms with E-state index in [1.54, 1.807) is 0 Å². The van der Waals surface area contributed by atoms with E-state index in [2.05, 4.69) is 32.6 Å². The molecule has 0 N–H and O–H groups in total. The van der Waals surface area contributed by atoms with Crippen LogP contribution in [0.5, 0.6) is 0 Å². The first kappa shape index (κ1) is 11.4. The zero-order chi connectivity index (χ0) is 11.0. The Morgan fingerprint density at radius 3 is 2.13 bits per heavy atom. The summed E-state index contributed by atoms with van der Waals surface area (Å²) in [6, 6.07) is 2.72. The van der Waals surface area contributed by atoms with Crippen LogP contribution < -0.4 is 0 Å². The molecule has 1 saturated carbocycles. The predicted octanol–water partition coefficient (Wildman–Crippen LogP) is 3.68. The van der Waals surface area contributed by atoms with Crippen molar-refractivity contribution in [3.8, 4) is 0 Å². The Labute approximate surface area is 95.2 Å². The maximum absolute atomic E-state index is 2.82. The molecule has 3 atom stereocenters. The van der Waals surface area contributed by atoms with E-state index in [9.17, 15) is 0 Å². The molecule has 3 aliphatic rings. The topological polar surface area (TPSA) is 3.24 Å². The number of hydrogen-bond donors (Lipinski definition) is 0. The number of hydrogen-bond acceptors (Lipinski definition) is 1. The molecule has 2 heterocycles. The molecule has 15 heavy (non-hydrogen) atoms. The van der Waals surface area contributed by atoms with Crippen LogP contribution in [0.1, 0.15) is 59.8 Å². The lowest BCUT2D eigenvalue weighted by molar-refractivity contribution is -0.0871.